The van der Waals surface area contributed by atoms with Crippen molar-refractivity contribution >= 4 is 67.6 Å². The highest BCUT2D eigenvalue weighted by molar-refractivity contribution is 6.08. The lowest BCUT2D eigenvalue weighted by Crippen LogP contribution is -2.21. The topological polar surface area (TPSA) is 31.4 Å². The Kier molecular flexibility index (Phi) is 19.2. The van der Waals surface area contributed by atoms with Crippen LogP contribution in [-0.2, 0) is 0 Å². The largest absolute Gasteiger partial charge is 0.457 e. The zero-order valence-corrected chi connectivity index (χ0v) is 52.5. The molecule has 0 saturated heterocycles. The predicted molar refractivity (Wildman–Crippen MR) is 379 cm³/mol. The minimum Gasteiger partial charge on any atom is -0.457 e. The van der Waals surface area contributed by atoms with E-state index in [1.165, 1.54) is 22.7 Å². The molecule has 0 radical (unpaired) electrons. The van der Waals surface area contributed by atoms with Crippen LogP contribution < -0.4 is 29.1 Å². The lowest BCUT2D eigenvalue weighted by atomic mass is 9.88. The molecule has 0 bridgehead atoms. The quantitative estimate of drug-likeness (QED) is 0.0561. The summed E-state index contributed by atoms with van der Waals surface area (Å²) >= 11 is 0. The molecule has 6 nitrogen and oxygen atoms in total. The van der Waals surface area contributed by atoms with Crippen molar-refractivity contribution in [3.63, 3.8) is 0 Å². The Hall–Kier alpha value is -9.78. The zero-order chi connectivity index (χ0) is 60.9. The van der Waals surface area contributed by atoms with E-state index >= 15 is 0 Å². The van der Waals surface area contributed by atoms with Crippen molar-refractivity contribution < 1.29 is 9.47 Å². The summed E-state index contributed by atoms with van der Waals surface area (Å²) < 4.78 is 14.3. The van der Waals surface area contributed by atoms with Crippen LogP contribution in [0.5, 0.6) is 23.0 Å². The van der Waals surface area contributed by atoms with Gasteiger partial charge in [-0.2, -0.15) is 0 Å². The number of hydrogen-bond donors (Lipinski definition) is 0. The van der Waals surface area contributed by atoms with Gasteiger partial charge in [0.1, 0.15) is 23.0 Å². The molecule has 11 aromatic rings. The fraction of sp³-hybridized carbons (Fsp3) is 0.195. The van der Waals surface area contributed by atoms with E-state index in [0.29, 0.717) is 11.5 Å². The fourth-order valence-electron chi connectivity index (χ4n) is 12.5. The molecule has 0 aliphatic carbocycles. The van der Waals surface area contributed by atoms with E-state index in [1.807, 2.05) is 60.7 Å². The number of nitrogens with zero attached hydrogens (tertiary/aromatic N) is 4. The summed E-state index contributed by atoms with van der Waals surface area (Å²) in [4.78, 5) is 9.58. The van der Waals surface area contributed by atoms with Crippen molar-refractivity contribution in [2.75, 3.05) is 72.0 Å². The normalized spacial score (nSPS) is 11.1. The number of rotatable bonds is 24. The van der Waals surface area contributed by atoms with Gasteiger partial charge in [0.15, 0.2) is 0 Å². The molecule has 6 heteroatoms. The third kappa shape index (κ3) is 13.0. The van der Waals surface area contributed by atoms with Crippen LogP contribution >= 0.6 is 0 Å². The van der Waals surface area contributed by atoms with Crippen molar-refractivity contribution in [1.29, 1.82) is 0 Å². The maximum absolute atomic E-state index is 7.15. The highest BCUT2D eigenvalue weighted by Gasteiger charge is 2.22. The van der Waals surface area contributed by atoms with E-state index in [9.17, 15) is 0 Å². The van der Waals surface area contributed by atoms with Crippen LogP contribution in [0.15, 0.2) is 243 Å². The van der Waals surface area contributed by atoms with Gasteiger partial charge in [0.25, 0.3) is 0 Å². The maximum Gasteiger partial charge on any atom is 0.136 e. The molecule has 0 aromatic heterocycles. The SMILES string of the molecule is CCN(CC)c1ccc(C(=Cc2ccc(-c3cc(Oc4ccccc4)c(-c4ccc(C=C(c5ccc(N(CC)CC)cc5)c5ccc(N(CC)CC)cc5)c5ccccc45)cc3Oc3ccccc3)c3ccccc23)c2ccc(N(CC)CC)cc2)cc1. The van der Waals surface area contributed by atoms with E-state index in [4.69, 9.17) is 9.47 Å². The molecule has 0 aliphatic rings. The average molecular weight is 1160 g/mol. The molecule has 0 heterocycles. The van der Waals surface area contributed by atoms with Crippen molar-refractivity contribution in [1.82, 2.24) is 0 Å². The summed E-state index contributed by atoms with van der Waals surface area (Å²) in [6, 6.07) is 87.6. The molecule has 0 aliphatic heterocycles. The predicted octanol–water partition coefficient (Wildman–Crippen LogP) is 21.5. The standard InChI is InChI=1S/C82H82N4O2/c1-9-83(10-2)65-45-35-59(36-46-65)77(60-37-47-66(48-38-60)84(11-3)12-4)55-63-43-53-75(73-33-25-23-31-71(63)73)79-57-82(88-70-29-21-18-22-30-70)80(58-81(79)87-69-27-19-17-20-28-69)76-54-44-64(72-32-24-26-34-74(72)76)56-78(61-39-49-67(50-40-61)85(13-5)14-6)62-41-51-68(52-42-62)86(15-7)16-8/h17-58H,9-16H2,1-8H3. The van der Waals surface area contributed by atoms with Gasteiger partial charge in [-0.25, -0.2) is 0 Å². The molecule has 88 heavy (non-hydrogen) atoms. The van der Waals surface area contributed by atoms with Gasteiger partial charge in [0.2, 0.25) is 0 Å². The molecule has 0 unspecified atom stereocenters. The second-order valence-corrected chi connectivity index (χ2v) is 22.2. The Morgan fingerprint density at radius 1 is 0.273 bits per heavy atom. The van der Waals surface area contributed by atoms with Gasteiger partial charge in [-0.15, -0.1) is 0 Å². The van der Waals surface area contributed by atoms with Crippen molar-refractivity contribution in [3.05, 3.63) is 276 Å². The number of fused-ring (bicyclic) bond motifs is 2. The third-order valence-corrected chi connectivity index (χ3v) is 17.3. The summed E-state index contributed by atoms with van der Waals surface area (Å²) in [5.74, 6) is 2.92. The molecule has 0 amide bonds. The fourth-order valence-corrected chi connectivity index (χ4v) is 12.5. The third-order valence-electron chi connectivity index (χ3n) is 17.3. The van der Waals surface area contributed by atoms with E-state index in [-0.39, 0.29) is 0 Å². The smallest absolute Gasteiger partial charge is 0.136 e. The number of hydrogen-bond acceptors (Lipinski definition) is 6. The molecule has 0 N–H and O–H groups in total. The average Bonchev–Trinajstić information content (AvgIpc) is 1.03. The highest BCUT2D eigenvalue weighted by Crippen LogP contribution is 2.48. The second-order valence-electron chi connectivity index (χ2n) is 22.2. The minimum absolute atomic E-state index is 0.717. The number of anilines is 4. The summed E-state index contributed by atoms with van der Waals surface area (Å²) in [5.41, 5.74) is 18.0. The summed E-state index contributed by atoms with van der Waals surface area (Å²) in [6.45, 7) is 25.4. The van der Waals surface area contributed by atoms with Gasteiger partial charge in [0.05, 0.1) is 0 Å². The molecule has 0 atom stereocenters. The van der Waals surface area contributed by atoms with Gasteiger partial charge in [0, 0.05) is 86.2 Å². The number of ether oxygens (including phenoxy) is 2. The Morgan fingerprint density at radius 3 is 0.807 bits per heavy atom. The van der Waals surface area contributed by atoms with Crippen molar-refractivity contribution in [3.8, 4) is 45.3 Å². The summed E-state index contributed by atoms with van der Waals surface area (Å²) in [5, 5.41) is 4.46. The highest BCUT2D eigenvalue weighted by atomic mass is 16.5. The first-order chi connectivity index (χ1) is 43.3. The molecule has 0 spiro atoms. The van der Waals surface area contributed by atoms with E-state index in [0.717, 1.165) is 152 Å². The van der Waals surface area contributed by atoms with Gasteiger partial charge in [-0.3, -0.25) is 0 Å². The molecule has 0 fully saturated rings. The molecular weight excluding hydrogens is 1070 g/mol. The Bertz CT molecular complexity index is 3770. The van der Waals surface area contributed by atoms with Crippen LogP contribution in [0.25, 0.3) is 67.1 Å². The van der Waals surface area contributed by atoms with Gasteiger partial charge in [-0.05, 0) is 230 Å². The van der Waals surface area contributed by atoms with E-state index in [2.05, 4.69) is 269 Å². The molecule has 442 valence electrons. The van der Waals surface area contributed by atoms with E-state index < -0.39 is 0 Å². The number of benzene rings is 11. The van der Waals surface area contributed by atoms with Crippen LogP contribution in [0, 0.1) is 0 Å². The summed E-state index contributed by atoms with van der Waals surface area (Å²) in [7, 11) is 0. The van der Waals surface area contributed by atoms with Gasteiger partial charge < -0.3 is 29.1 Å². The lowest BCUT2D eigenvalue weighted by Gasteiger charge is -2.22. The van der Waals surface area contributed by atoms with Crippen LogP contribution in [0.2, 0.25) is 0 Å². The van der Waals surface area contributed by atoms with Crippen LogP contribution in [0.3, 0.4) is 0 Å². The molecule has 0 saturated carbocycles. The monoisotopic (exact) mass is 1150 g/mol. The molecule has 11 aromatic carbocycles. The first-order valence-corrected chi connectivity index (χ1v) is 31.8. The Morgan fingerprint density at radius 2 is 0.534 bits per heavy atom. The first kappa shape index (κ1) is 59.9. The first-order valence-electron chi connectivity index (χ1n) is 31.8. The Balaban J connectivity index is 1.09. The zero-order valence-electron chi connectivity index (χ0n) is 52.5. The second kappa shape index (κ2) is 28.2. The van der Waals surface area contributed by atoms with Gasteiger partial charge in [-0.1, -0.05) is 158 Å². The van der Waals surface area contributed by atoms with Gasteiger partial charge >= 0.3 is 0 Å². The van der Waals surface area contributed by atoms with E-state index in [1.54, 1.807) is 0 Å². The van der Waals surface area contributed by atoms with Crippen LogP contribution in [-0.4, -0.2) is 52.4 Å². The molecular formula is C82H82N4O2. The van der Waals surface area contributed by atoms with Crippen molar-refractivity contribution in [2.45, 2.75) is 55.4 Å². The number of para-hydroxylation sites is 2. The maximum atomic E-state index is 7.15. The summed E-state index contributed by atoms with van der Waals surface area (Å²) in [6.07, 6.45) is 4.75. The lowest BCUT2D eigenvalue weighted by molar-refractivity contribution is 0.472. The van der Waals surface area contributed by atoms with Crippen LogP contribution in [0.1, 0.15) is 88.8 Å². The minimum atomic E-state index is 0.717. The Labute approximate surface area is 522 Å². The van der Waals surface area contributed by atoms with Crippen LogP contribution in [0.4, 0.5) is 22.7 Å². The van der Waals surface area contributed by atoms with Crippen molar-refractivity contribution in [2.24, 2.45) is 0 Å². The molecule has 11 rings (SSSR count).